The number of nitrogens with zero attached hydrogens (tertiary/aromatic N) is 4. The summed E-state index contributed by atoms with van der Waals surface area (Å²) < 4.78 is 13.8. The van der Waals surface area contributed by atoms with Gasteiger partial charge in [0.2, 0.25) is 17.7 Å². The predicted octanol–water partition coefficient (Wildman–Crippen LogP) is 5.06. The van der Waals surface area contributed by atoms with Crippen LogP contribution in [0.2, 0.25) is 0 Å². The molecule has 5 rings (SSSR count). The van der Waals surface area contributed by atoms with E-state index in [1.165, 1.54) is 0 Å². The maximum atomic E-state index is 13.7. The Kier molecular flexibility index (Phi) is 8.26. The maximum Gasteiger partial charge on any atom is 0.247 e. The van der Waals surface area contributed by atoms with Crippen LogP contribution >= 0.6 is 0 Å². The van der Waals surface area contributed by atoms with Crippen molar-refractivity contribution < 1.29 is 23.5 Å². The van der Waals surface area contributed by atoms with Gasteiger partial charge in [-0.15, -0.1) is 10.2 Å². The molecule has 1 aromatic carbocycles. The van der Waals surface area contributed by atoms with Crippen molar-refractivity contribution in [2.75, 3.05) is 13.2 Å². The van der Waals surface area contributed by atoms with E-state index in [1.807, 2.05) is 17.6 Å². The Labute approximate surface area is 228 Å². The molecule has 3 aromatic rings. The normalized spacial score (nSPS) is 21.3. The van der Waals surface area contributed by atoms with E-state index in [2.05, 4.69) is 16.3 Å². The number of Topliss-reactive ketones (excluding diaryl/α,β-unsaturated/α-hetero) is 2. The molecule has 4 heterocycles. The fourth-order valence-electron chi connectivity index (χ4n) is 6.07. The minimum atomic E-state index is -0.556. The summed E-state index contributed by atoms with van der Waals surface area (Å²) >= 11 is 0. The molecule has 208 valence electrons. The molecule has 0 aliphatic carbocycles. The summed E-state index contributed by atoms with van der Waals surface area (Å²) in [6, 6.07) is 3.41. The maximum absolute atomic E-state index is 13.7. The van der Waals surface area contributed by atoms with Gasteiger partial charge in [0.1, 0.15) is 12.6 Å². The fraction of sp³-hybridized carbons (Fsp3) is 0.567. The van der Waals surface area contributed by atoms with Crippen molar-refractivity contribution in [2.45, 2.75) is 97.2 Å². The standard InChI is InChI=1S/C30H38N4O5/c1-4-25(36)29-26-12-13-34(29)27(37)18-33-17-24(19(2)35)23-16-22(30-32-31-20(3)39-30)15-21(28(23)33)11-9-7-5-6-8-10-14-38-26/h15-17,26,29H,4-14,18H2,1-3H3/t26-,29-/m1/s1. The number of ketones is 2. The Morgan fingerprint density at radius 1 is 1.08 bits per heavy atom. The zero-order chi connectivity index (χ0) is 27.5. The monoisotopic (exact) mass is 534 g/mol. The lowest BCUT2D eigenvalue weighted by Gasteiger charge is -2.27. The molecule has 2 atom stereocenters. The first-order valence-corrected chi connectivity index (χ1v) is 14.3. The van der Waals surface area contributed by atoms with Gasteiger partial charge in [-0.3, -0.25) is 14.4 Å². The van der Waals surface area contributed by atoms with Gasteiger partial charge in [-0.2, -0.15) is 0 Å². The number of amides is 1. The molecule has 0 saturated carbocycles. The number of rotatable bonds is 4. The van der Waals surface area contributed by atoms with Crippen molar-refractivity contribution in [1.29, 1.82) is 0 Å². The number of aryl methyl sites for hydroxylation is 2. The Morgan fingerprint density at radius 3 is 2.56 bits per heavy atom. The van der Waals surface area contributed by atoms with Gasteiger partial charge < -0.3 is 18.6 Å². The van der Waals surface area contributed by atoms with E-state index in [1.54, 1.807) is 24.9 Å². The van der Waals surface area contributed by atoms with Crippen LogP contribution < -0.4 is 0 Å². The first kappa shape index (κ1) is 27.2. The molecule has 1 amide bonds. The van der Waals surface area contributed by atoms with Gasteiger partial charge in [-0.05, 0) is 50.3 Å². The van der Waals surface area contributed by atoms with Gasteiger partial charge in [0.25, 0.3) is 0 Å². The first-order chi connectivity index (χ1) is 18.9. The summed E-state index contributed by atoms with van der Waals surface area (Å²) in [4.78, 5) is 41.2. The molecular weight excluding hydrogens is 496 g/mol. The number of fused-ring (bicyclic) bond motifs is 2. The van der Waals surface area contributed by atoms with Crippen LogP contribution in [0.1, 0.15) is 87.0 Å². The number of hydrogen-bond donors (Lipinski definition) is 0. The van der Waals surface area contributed by atoms with Crippen molar-refractivity contribution in [2.24, 2.45) is 0 Å². The third-order valence-electron chi connectivity index (χ3n) is 8.02. The van der Waals surface area contributed by atoms with E-state index in [0.717, 1.165) is 67.0 Å². The van der Waals surface area contributed by atoms with E-state index in [0.29, 0.717) is 43.3 Å². The second kappa shape index (κ2) is 11.8. The van der Waals surface area contributed by atoms with Crippen molar-refractivity contribution in [3.63, 3.8) is 0 Å². The van der Waals surface area contributed by atoms with E-state index in [4.69, 9.17) is 9.15 Å². The largest absolute Gasteiger partial charge is 0.421 e. The van der Waals surface area contributed by atoms with Gasteiger partial charge in [0, 0.05) is 49.2 Å². The smallest absolute Gasteiger partial charge is 0.247 e. The summed E-state index contributed by atoms with van der Waals surface area (Å²) in [5, 5.41) is 8.97. The van der Waals surface area contributed by atoms with Crippen molar-refractivity contribution in [1.82, 2.24) is 19.7 Å². The highest BCUT2D eigenvalue weighted by Gasteiger charge is 2.41. The minimum Gasteiger partial charge on any atom is -0.421 e. The van der Waals surface area contributed by atoms with Crippen LogP contribution in [-0.4, -0.2) is 62.4 Å². The lowest BCUT2D eigenvalue weighted by molar-refractivity contribution is -0.140. The molecule has 1 saturated heterocycles. The number of aromatic nitrogens is 3. The number of carbonyl (C=O) groups excluding carboxylic acids is 3. The van der Waals surface area contributed by atoms with Gasteiger partial charge in [0.05, 0.1) is 11.6 Å². The van der Waals surface area contributed by atoms with Crippen LogP contribution in [0, 0.1) is 6.92 Å². The molecular formula is C30H38N4O5. The SMILES string of the molecule is CCC(=O)[C@@H]1[C@H]2CCN1C(=O)Cn1cc(C(C)=O)c3cc(-c4nnc(C)o4)cc(c31)CCCCCCCCO2. The highest BCUT2D eigenvalue weighted by atomic mass is 16.5. The molecule has 0 radical (unpaired) electrons. The summed E-state index contributed by atoms with van der Waals surface area (Å²) in [6.45, 7) is 6.29. The van der Waals surface area contributed by atoms with Crippen LogP contribution in [0.15, 0.2) is 22.7 Å². The second-order valence-corrected chi connectivity index (χ2v) is 10.8. The Morgan fingerprint density at radius 2 is 1.85 bits per heavy atom. The highest BCUT2D eigenvalue weighted by molar-refractivity contribution is 6.09. The summed E-state index contributed by atoms with van der Waals surface area (Å²) in [5.41, 5.74) is 3.24. The van der Waals surface area contributed by atoms with Crippen LogP contribution in [0.3, 0.4) is 0 Å². The summed E-state index contributed by atoms with van der Waals surface area (Å²) in [5.74, 6) is 0.712. The quantitative estimate of drug-likeness (QED) is 0.430. The molecule has 0 unspecified atom stereocenters. The average molecular weight is 535 g/mol. The zero-order valence-corrected chi connectivity index (χ0v) is 23.2. The van der Waals surface area contributed by atoms with Crippen molar-refractivity contribution in [3.05, 3.63) is 35.3 Å². The topological polar surface area (TPSA) is 108 Å². The third-order valence-corrected chi connectivity index (χ3v) is 8.02. The molecule has 9 nitrogen and oxygen atoms in total. The molecule has 0 spiro atoms. The first-order valence-electron chi connectivity index (χ1n) is 14.3. The number of hydrogen-bond acceptors (Lipinski definition) is 7. The number of benzene rings is 1. The Balaban J connectivity index is 1.59. The number of carbonyl (C=O) groups is 3. The van der Waals surface area contributed by atoms with Crippen molar-refractivity contribution in [3.8, 4) is 11.5 Å². The van der Waals surface area contributed by atoms with Gasteiger partial charge in [-0.1, -0.05) is 32.6 Å². The molecule has 2 bridgehead atoms. The van der Waals surface area contributed by atoms with Gasteiger partial charge >= 0.3 is 0 Å². The minimum absolute atomic E-state index is 0.0331. The van der Waals surface area contributed by atoms with Crippen LogP contribution in [0.4, 0.5) is 0 Å². The molecule has 0 N–H and O–H groups in total. The second-order valence-electron chi connectivity index (χ2n) is 10.8. The van der Waals surface area contributed by atoms with E-state index < -0.39 is 6.04 Å². The van der Waals surface area contributed by atoms with Gasteiger partial charge in [-0.25, -0.2) is 0 Å². The van der Waals surface area contributed by atoms with Crippen LogP contribution in [0.5, 0.6) is 0 Å². The Hall–Kier alpha value is -3.33. The zero-order valence-electron chi connectivity index (χ0n) is 23.2. The molecule has 9 heteroatoms. The average Bonchev–Trinajstić information content (AvgIpc) is 3.63. The van der Waals surface area contributed by atoms with E-state index >= 15 is 0 Å². The summed E-state index contributed by atoms with van der Waals surface area (Å²) in [7, 11) is 0. The predicted molar refractivity (Wildman–Crippen MR) is 147 cm³/mol. The molecule has 1 fully saturated rings. The number of ether oxygens (including phenoxy) is 1. The Bertz CT molecular complexity index is 1370. The van der Waals surface area contributed by atoms with Crippen LogP contribution in [-0.2, 0) is 27.3 Å². The molecule has 2 aliphatic rings. The molecule has 2 aliphatic heterocycles. The van der Waals surface area contributed by atoms with E-state index in [9.17, 15) is 14.4 Å². The van der Waals surface area contributed by atoms with Gasteiger partial charge in [0.15, 0.2) is 11.6 Å². The highest BCUT2D eigenvalue weighted by Crippen LogP contribution is 2.33. The van der Waals surface area contributed by atoms with Crippen LogP contribution in [0.25, 0.3) is 22.4 Å². The molecule has 39 heavy (non-hydrogen) atoms. The lowest BCUT2D eigenvalue weighted by atomic mass is 9.98. The van der Waals surface area contributed by atoms with Crippen molar-refractivity contribution >= 4 is 28.4 Å². The molecule has 2 aromatic heterocycles. The van der Waals surface area contributed by atoms with E-state index in [-0.39, 0.29) is 30.1 Å². The lowest BCUT2D eigenvalue weighted by Crippen LogP contribution is -2.46. The summed E-state index contributed by atoms with van der Waals surface area (Å²) in [6.07, 6.45) is 9.75. The fourth-order valence-corrected chi connectivity index (χ4v) is 6.07. The third kappa shape index (κ3) is 5.69.